The molecule has 9 heteroatoms. The number of carbonyl (C=O) groups excluding carboxylic acids is 1. The van der Waals surface area contributed by atoms with Crippen molar-refractivity contribution in [2.45, 2.75) is 219 Å². The molecule has 0 bridgehead atoms. The monoisotopic (exact) mass is 867 g/mol. The predicted octanol–water partition coefficient (Wildman–Crippen LogP) is 15.1. The normalized spacial score (nSPS) is 14.0. The lowest BCUT2D eigenvalue weighted by atomic mass is 10.1. The second-order valence-electron chi connectivity index (χ2n) is 17.8. The van der Waals surface area contributed by atoms with Crippen LogP contribution in [0, 0.1) is 0 Å². The lowest BCUT2D eigenvalue weighted by Gasteiger charge is -2.24. The Bertz CT molecular complexity index is 1100. The Hall–Kier alpha value is -1.54. The third-order valence-corrected chi connectivity index (χ3v) is 11.6. The van der Waals surface area contributed by atoms with E-state index in [9.17, 15) is 14.3 Å². The maximum Gasteiger partial charge on any atom is 0.472 e. The van der Waals surface area contributed by atoms with Gasteiger partial charge in [-0.15, -0.1) is 0 Å². The highest BCUT2D eigenvalue weighted by Gasteiger charge is 2.26. The number of allylic oxidation sites excluding steroid dienone is 8. The lowest BCUT2D eigenvalue weighted by Crippen LogP contribution is -2.37. The highest BCUT2D eigenvalue weighted by atomic mass is 31.2. The third kappa shape index (κ3) is 47.5. The topological polar surface area (TPSA) is 91.3 Å². The summed E-state index contributed by atoms with van der Waals surface area (Å²) in [7, 11) is 1.66. The molecule has 2 atom stereocenters. The number of hydrogen-bond donors (Lipinski definition) is 1. The van der Waals surface area contributed by atoms with Crippen LogP contribution in [0.5, 0.6) is 0 Å². The zero-order chi connectivity index (χ0) is 44.1. The van der Waals surface area contributed by atoms with Gasteiger partial charge in [0, 0.05) is 13.0 Å². The van der Waals surface area contributed by atoms with Gasteiger partial charge in [0.2, 0.25) is 0 Å². The molecular weight excluding hydrogens is 770 g/mol. The van der Waals surface area contributed by atoms with Crippen molar-refractivity contribution in [1.29, 1.82) is 0 Å². The van der Waals surface area contributed by atoms with Crippen molar-refractivity contribution in [3.05, 3.63) is 48.6 Å². The van der Waals surface area contributed by atoms with Gasteiger partial charge < -0.3 is 18.9 Å². The number of esters is 1. The number of rotatable bonds is 46. The molecule has 352 valence electrons. The summed E-state index contributed by atoms with van der Waals surface area (Å²) in [5, 5.41) is 0. The van der Waals surface area contributed by atoms with Crippen LogP contribution in [0.3, 0.4) is 0 Å². The van der Waals surface area contributed by atoms with Gasteiger partial charge in [-0.25, -0.2) is 4.57 Å². The van der Waals surface area contributed by atoms with Crippen molar-refractivity contribution >= 4 is 13.8 Å². The number of hydrogen-bond acceptors (Lipinski definition) is 6. The number of phosphoric acid groups is 1. The summed E-state index contributed by atoms with van der Waals surface area (Å²) in [5.74, 6) is -0.325. The minimum Gasteiger partial charge on any atom is -0.457 e. The molecule has 0 heterocycles. The first-order chi connectivity index (χ1) is 29.1. The van der Waals surface area contributed by atoms with E-state index < -0.39 is 13.9 Å². The van der Waals surface area contributed by atoms with Gasteiger partial charge in [-0.3, -0.25) is 13.8 Å². The molecule has 60 heavy (non-hydrogen) atoms. The molecular formula is C51H97NO7P+. The summed E-state index contributed by atoms with van der Waals surface area (Å²) in [6, 6.07) is 0. The molecule has 0 saturated carbocycles. The molecule has 0 fully saturated rings. The van der Waals surface area contributed by atoms with Crippen LogP contribution >= 0.6 is 7.82 Å². The molecule has 0 amide bonds. The average Bonchev–Trinajstić information content (AvgIpc) is 3.20. The Morgan fingerprint density at radius 3 is 1.42 bits per heavy atom. The van der Waals surface area contributed by atoms with Gasteiger partial charge in [0.1, 0.15) is 19.3 Å². The Labute approximate surface area is 371 Å². The number of ether oxygens (including phenoxy) is 2. The van der Waals surface area contributed by atoms with Crippen molar-refractivity contribution in [2.24, 2.45) is 0 Å². The fraction of sp³-hybridized carbons (Fsp3) is 0.824. The van der Waals surface area contributed by atoms with Gasteiger partial charge >= 0.3 is 13.8 Å². The van der Waals surface area contributed by atoms with E-state index in [1.54, 1.807) is 0 Å². The zero-order valence-corrected chi connectivity index (χ0v) is 40.8. The molecule has 0 aliphatic rings. The van der Waals surface area contributed by atoms with Crippen LogP contribution in [-0.2, 0) is 27.9 Å². The minimum absolute atomic E-state index is 0.0856. The van der Waals surface area contributed by atoms with Crippen LogP contribution in [0.25, 0.3) is 0 Å². The summed E-state index contributed by atoms with van der Waals surface area (Å²) >= 11 is 0. The predicted molar refractivity (Wildman–Crippen MR) is 256 cm³/mol. The first-order valence-corrected chi connectivity index (χ1v) is 26.4. The summed E-state index contributed by atoms with van der Waals surface area (Å²) in [4.78, 5) is 22.9. The molecule has 1 N–H and O–H groups in total. The zero-order valence-electron chi connectivity index (χ0n) is 39.9. The van der Waals surface area contributed by atoms with Crippen molar-refractivity contribution in [2.75, 3.05) is 54.1 Å². The Morgan fingerprint density at radius 1 is 0.517 bits per heavy atom. The van der Waals surface area contributed by atoms with Crippen LogP contribution in [0.1, 0.15) is 213 Å². The molecule has 0 spiro atoms. The second kappa shape index (κ2) is 44.1. The van der Waals surface area contributed by atoms with E-state index in [1.807, 2.05) is 21.1 Å². The van der Waals surface area contributed by atoms with E-state index in [-0.39, 0.29) is 25.8 Å². The molecule has 0 radical (unpaired) electrons. The van der Waals surface area contributed by atoms with Crippen LogP contribution in [0.4, 0.5) is 0 Å². The standard InChI is InChI=1S/C51H96NO7P/c1-6-8-10-12-14-16-18-20-21-22-23-24-25-26-27-28-29-30-31-32-33-35-37-39-41-43-46-56-48-50(49-58-60(54,55)57-47-45-52(3,4)5)59-51(53)44-42-40-38-36-34-19-17-15-13-11-9-7-2/h15,17-18,20,22-23,25-26,50H,6-14,16,19,21,24,27-49H2,1-5H3/p+1/b17-15-,20-18-,23-22-,26-25-. The summed E-state index contributed by atoms with van der Waals surface area (Å²) < 4.78 is 35.1. The first-order valence-electron chi connectivity index (χ1n) is 24.9. The maximum atomic E-state index is 12.7. The van der Waals surface area contributed by atoms with Gasteiger partial charge in [-0.05, 0) is 77.0 Å². The van der Waals surface area contributed by atoms with Crippen LogP contribution in [0.15, 0.2) is 48.6 Å². The molecule has 0 aromatic rings. The van der Waals surface area contributed by atoms with E-state index in [0.717, 1.165) is 57.8 Å². The number of unbranched alkanes of at least 4 members (excludes halogenated alkanes) is 24. The van der Waals surface area contributed by atoms with Gasteiger partial charge in [-0.2, -0.15) is 0 Å². The lowest BCUT2D eigenvalue weighted by molar-refractivity contribution is -0.870. The molecule has 0 rings (SSSR count). The number of phosphoric ester groups is 1. The minimum atomic E-state index is -4.28. The molecule has 0 aromatic carbocycles. The van der Waals surface area contributed by atoms with Crippen LogP contribution in [0.2, 0.25) is 0 Å². The van der Waals surface area contributed by atoms with Gasteiger partial charge in [-0.1, -0.05) is 178 Å². The van der Waals surface area contributed by atoms with E-state index in [1.165, 1.54) is 135 Å². The second-order valence-corrected chi connectivity index (χ2v) is 19.3. The van der Waals surface area contributed by atoms with E-state index >= 15 is 0 Å². The van der Waals surface area contributed by atoms with Crippen LogP contribution < -0.4 is 0 Å². The van der Waals surface area contributed by atoms with E-state index in [0.29, 0.717) is 24.1 Å². The van der Waals surface area contributed by atoms with E-state index in [4.69, 9.17) is 18.5 Å². The molecule has 0 aliphatic heterocycles. The summed E-state index contributed by atoms with van der Waals surface area (Å²) in [6.07, 6.45) is 54.4. The van der Waals surface area contributed by atoms with Crippen molar-refractivity contribution in [3.8, 4) is 0 Å². The van der Waals surface area contributed by atoms with Crippen molar-refractivity contribution in [3.63, 3.8) is 0 Å². The molecule has 0 aromatic heterocycles. The smallest absolute Gasteiger partial charge is 0.457 e. The first kappa shape index (κ1) is 58.5. The molecule has 0 aliphatic carbocycles. The molecule has 0 saturated heterocycles. The molecule has 2 unspecified atom stereocenters. The van der Waals surface area contributed by atoms with Crippen molar-refractivity contribution < 1.29 is 37.3 Å². The number of nitrogens with zero attached hydrogens (tertiary/aromatic N) is 1. The van der Waals surface area contributed by atoms with Crippen LogP contribution in [-0.4, -0.2) is 75.6 Å². The Kier molecular flexibility index (Phi) is 43.0. The SMILES string of the molecule is CCCCC/C=C\CCCCCCCC(=O)OC(COCCCCCCCCCCCCC/C=C\C/C=C\C/C=C\CCCCCCC)COP(=O)(O)OCC[N+](C)(C)C. The number of likely N-dealkylation sites (N-methyl/N-ethyl adjacent to an activating group) is 1. The quantitative estimate of drug-likeness (QED) is 0.0214. The number of carbonyl (C=O) groups is 1. The van der Waals surface area contributed by atoms with Gasteiger partial charge in [0.15, 0.2) is 0 Å². The van der Waals surface area contributed by atoms with Crippen molar-refractivity contribution in [1.82, 2.24) is 0 Å². The van der Waals surface area contributed by atoms with E-state index in [2.05, 4.69) is 62.5 Å². The largest absolute Gasteiger partial charge is 0.472 e. The van der Waals surface area contributed by atoms with Gasteiger partial charge in [0.05, 0.1) is 34.4 Å². The summed E-state index contributed by atoms with van der Waals surface area (Å²) in [5.41, 5.74) is 0. The maximum absolute atomic E-state index is 12.7. The highest BCUT2D eigenvalue weighted by Crippen LogP contribution is 2.43. The average molecular weight is 867 g/mol. The van der Waals surface area contributed by atoms with Gasteiger partial charge in [0.25, 0.3) is 0 Å². The fourth-order valence-electron chi connectivity index (χ4n) is 6.73. The third-order valence-electron chi connectivity index (χ3n) is 10.6. The summed E-state index contributed by atoms with van der Waals surface area (Å²) in [6.45, 7) is 5.58. The Balaban J connectivity index is 4.07. The number of quaternary nitrogens is 1. The Morgan fingerprint density at radius 2 is 0.917 bits per heavy atom. The highest BCUT2D eigenvalue weighted by molar-refractivity contribution is 7.47. The fourth-order valence-corrected chi connectivity index (χ4v) is 7.47. The molecule has 8 nitrogen and oxygen atoms in total.